The van der Waals surface area contributed by atoms with Crippen molar-refractivity contribution in [3.63, 3.8) is 0 Å². The molecule has 0 saturated heterocycles. The van der Waals surface area contributed by atoms with Crippen molar-refractivity contribution in [2.75, 3.05) is 0 Å². The predicted molar refractivity (Wildman–Crippen MR) is 126 cm³/mol. The summed E-state index contributed by atoms with van der Waals surface area (Å²) in [5.41, 5.74) is 4.74. The molecule has 7 nitrogen and oxygen atoms in total. The Morgan fingerprint density at radius 2 is 1.68 bits per heavy atom. The van der Waals surface area contributed by atoms with Gasteiger partial charge < -0.3 is 14.0 Å². The molecule has 0 radical (unpaired) electrons. The van der Waals surface area contributed by atoms with Gasteiger partial charge in [0.25, 0.3) is 5.89 Å². The molecule has 0 spiro atoms. The van der Waals surface area contributed by atoms with E-state index in [9.17, 15) is 0 Å². The first-order chi connectivity index (χ1) is 16.8. The standard InChI is InChI=1S/C27H22N4O3/c1-3-7-19(8-4-1)17-32-23-13-11-21(12-14-23)26-28-27(34-30-26)24-15-22-18-33-25(16-31(22)29-24)20-9-5-2-6-10-20/h1-15,25H,16-18H2/t25-/m1/s1. The molecule has 0 bridgehead atoms. The molecule has 1 aliphatic heterocycles. The number of nitrogens with zero attached hydrogens (tertiary/aromatic N) is 4. The van der Waals surface area contributed by atoms with Crippen LogP contribution >= 0.6 is 0 Å². The molecule has 0 N–H and O–H groups in total. The van der Waals surface area contributed by atoms with Crippen molar-refractivity contribution in [1.29, 1.82) is 0 Å². The van der Waals surface area contributed by atoms with Crippen molar-refractivity contribution < 1.29 is 14.0 Å². The van der Waals surface area contributed by atoms with Crippen LogP contribution in [0.4, 0.5) is 0 Å². The molecule has 5 aromatic rings. The highest BCUT2D eigenvalue weighted by Crippen LogP contribution is 2.29. The molecule has 3 aromatic carbocycles. The zero-order chi connectivity index (χ0) is 22.7. The van der Waals surface area contributed by atoms with Crippen molar-refractivity contribution in [2.24, 2.45) is 0 Å². The van der Waals surface area contributed by atoms with Crippen LogP contribution in [-0.2, 0) is 24.5 Å². The molecule has 168 valence electrons. The Morgan fingerprint density at radius 3 is 2.47 bits per heavy atom. The van der Waals surface area contributed by atoms with Gasteiger partial charge in [-0.3, -0.25) is 4.68 Å². The second kappa shape index (κ2) is 8.96. The van der Waals surface area contributed by atoms with Crippen molar-refractivity contribution in [1.82, 2.24) is 19.9 Å². The van der Waals surface area contributed by atoms with Crippen LogP contribution in [0.2, 0.25) is 0 Å². The highest BCUT2D eigenvalue weighted by atomic mass is 16.5. The van der Waals surface area contributed by atoms with Crippen LogP contribution in [0.15, 0.2) is 95.5 Å². The monoisotopic (exact) mass is 450 g/mol. The molecule has 3 heterocycles. The molecule has 0 unspecified atom stereocenters. The van der Waals surface area contributed by atoms with Crippen molar-refractivity contribution >= 4 is 0 Å². The first kappa shape index (κ1) is 20.4. The van der Waals surface area contributed by atoms with Gasteiger partial charge in [0.2, 0.25) is 5.82 Å². The Hall–Kier alpha value is -4.23. The van der Waals surface area contributed by atoms with Crippen LogP contribution in [0.1, 0.15) is 22.9 Å². The highest BCUT2D eigenvalue weighted by Gasteiger charge is 2.24. The molecular weight excluding hydrogens is 428 g/mol. The Kier molecular flexibility index (Phi) is 5.37. The van der Waals surface area contributed by atoms with Gasteiger partial charge in [-0.15, -0.1) is 0 Å². The Labute approximate surface area is 196 Å². The lowest BCUT2D eigenvalue weighted by molar-refractivity contribution is -0.00113. The van der Waals surface area contributed by atoms with E-state index >= 15 is 0 Å². The molecule has 1 aliphatic rings. The maximum Gasteiger partial charge on any atom is 0.278 e. The van der Waals surface area contributed by atoms with E-state index in [1.165, 1.54) is 0 Å². The minimum absolute atomic E-state index is 0.0256. The van der Waals surface area contributed by atoms with E-state index in [0.717, 1.165) is 28.1 Å². The van der Waals surface area contributed by atoms with Gasteiger partial charge in [-0.05, 0) is 41.5 Å². The van der Waals surface area contributed by atoms with Crippen LogP contribution in [0, 0.1) is 0 Å². The summed E-state index contributed by atoms with van der Waals surface area (Å²) < 4.78 is 19.4. The zero-order valence-corrected chi connectivity index (χ0v) is 18.4. The summed E-state index contributed by atoms with van der Waals surface area (Å²) in [6.07, 6.45) is -0.0256. The number of ether oxygens (including phenoxy) is 2. The summed E-state index contributed by atoms with van der Waals surface area (Å²) in [5, 5.41) is 8.84. The molecule has 0 amide bonds. The average Bonchev–Trinajstić information content (AvgIpc) is 3.56. The molecule has 1 atom stereocenters. The minimum Gasteiger partial charge on any atom is -0.489 e. The normalized spacial score (nSPS) is 15.1. The van der Waals surface area contributed by atoms with Gasteiger partial charge in [0, 0.05) is 5.56 Å². The summed E-state index contributed by atoms with van der Waals surface area (Å²) in [5.74, 6) is 1.68. The van der Waals surface area contributed by atoms with Crippen molar-refractivity contribution in [3.8, 4) is 28.7 Å². The molecule has 0 fully saturated rings. The van der Waals surface area contributed by atoms with Gasteiger partial charge in [-0.25, -0.2) is 0 Å². The molecule has 0 aliphatic carbocycles. The van der Waals surface area contributed by atoms with Crippen molar-refractivity contribution in [3.05, 3.63) is 108 Å². The maximum absolute atomic E-state index is 6.03. The molecule has 2 aromatic heterocycles. The van der Waals surface area contributed by atoms with Crippen LogP contribution in [-0.4, -0.2) is 19.9 Å². The third-order valence-electron chi connectivity index (χ3n) is 5.81. The van der Waals surface area contributed by atoms with Crippen LogP contribution < -0.4 is 4.74 Å². The lowest BCUT2D eigenvalue weighted by Crippen LogP contribution is -2.21. The summed E-state index contributed by atoms with van der Waals surface area (Å²) >= 11 is 0. The third-order valence-corrected chi connectivity index (χ3v) is 5.81. The molecule has 6 rings (SSSR count). The van der Waals surface area contributed by atoms with E-state index in [0.29, 0.717) is 37.2 Å². The topological polar surface area (TPSA) is 75.2 Å². The van der Waals surface area contributed by atoms with Crippen LogP contribution in [0.3, 0.4) is 0 Å². The van der Waals surface area contributed by atoms with Gasteiger partial charge >= 0.3 is 0 Å². The second-order valence-electron chi connectivity index (χ2n) is 8.14. The van der Waals surface area contributed by atoms with Crippen LogP contribution in [0.25, 0.3) is 23.0 Å². The SMILES string of the molecule is c1ccc(COc2ccc(-c3noc(-c4cc5n(n4)C[C@H](c4ccccc4)OC5)n3)cc2)cc1. The maximum atomic E-state index is 6.03. The highest BCUT2D eigenvalue weighted by molar-refractivity contribution is 5.59. The quantitative estimate of drug-likeness (QED) is 0.342. The third kappa shape index (κ3) is 4.21. The number of benzene rings is 3. The number of aromatic nitrogens is 4. The Balaban J connectivity index is 1.15. The van der Waals surface area contributed by atoms with Crippen molar-refractivity contribution in [2.45, 2.75) is 25.9 Å². The second-order valence-corrected chi connectivity index (χ2v) is 8.14. The summed E-state index contributed by atoms with van der Waals surface area (Å²) in [6.45, 7) is 1.65. The van der Waals surface area contributed by atoms with E-state index in [-0.39, 0.29) is 6.10 Å². The number of fused-ring (bicyclic) bond motifs is 1. The van der Waals surface area contributed by atoms with Gasteiger partial charge in [-0.2, -0.15) is 10.1 Å². The van der Waals surface area contributed by atoms with Gasteiger partial charge in [0.1, 0.15) is 18.5 Å². The molecule has 34 heavy (non-hydrogen) atoms. The number of hydrogen-bond acceptors (Lipinski definition) is 6. The van der Waals surface area contributed by atoms with E-state index in [2.05, 4.69) is 22.3 Å². The average molecular weight is 450 g/mol. The fraction of sp³-hybridized carbons (Fsp3) is 0.148. The fourth-order valence-corrected chi connectivity index (χ4v) is 3.99. The fourth-order valence-electron chi connectivity index (χ4n) is 3.99. The lowest BCUT2D eigenvalue weighted by atomic mass is 10.1. The summed E-state index contributed by atoms with van der Waals surface area (Å²) in [6, 6.07) is 29.9. The Morgan fingerprint density at radius 1 is 0.912 bits per heavy atom. The van der Waals surface area contributed by atoms with Gasteiger partial charge in [-0.1, -0.05) is 65.8 Å². The summed E-state index contributed by atoms with van der Waals surface area (Å²) in [7, 11) is 0. The minimum atomic E-state index is -0.0256. The lowest BCUT2D eigenvalue weighted by Gasteiger charge is -2.24. The zero-order valence-electron chi connectivity index (χ0n) is 18.4. The van der Waals surface area contributed by atoms with Gasteiger partial charge in [0.15, 0.2) is 5.69 Å². The first-order valence-electron chi connectivity index (χ1n) is 11.2. The first-order valence-corrected chi connectivity index (χ1v) is 11.2. The smallest absolute Gasteiger partial charge is 0.278 e. The molecule has 7 heteroatoms. The number of rotatable bonds is 6. The summed E-state index contributed by atoms with van der Waals surface area (Å²) in [4.78, 5) is 4.56. The van der Waals surface area contributed by atoms with Gasteiger partial charge in [0.05, 0.1) is 18.8 Å². The number of hydrogen-bond donors (Lipinski definition) is 0. The van der Waals surface area contributed by atoms with E-state index in [1.807, 2.05) is 83.5 Å². The largest absolute Gasteiger partial charge is 0.489 e. The molecule has 0 saturated carbocycles. The van der Waals surface area contributed by atoms with Crippen LogP contribution in [0.5, 0.6) is 5.75 Å². The predicted octanol–water partition coefficient (Wildman–Crippen LogP) is 5.45. The van der Waals surface area contributed by atoms with E-state index in [4.69, 9.17) is 19.1 Å². The van der Waals surface area contributed by atoms with E-state index in [1.54, 1.807) is 0 Å². The molecular formula is C27H22N4O3. The van der Waals surface area contributed by atoms with E-state index < -0.39 is 0 Å². The Bertz CT molecular complexity index is 1380.